The molecule has 0 spiro atoms. The van der Waals surface area contributed by atoms with Crippen molar-refractivity contribution in [2.45, 2.75) is 0 Å². The SMILES string of the molecule is c1ccccc1.c1cnc2[nH]ccc2c1.c1cnc2nc[nH]c2c1.c1cnc2occc2c1.c1cnc2ocnc2c1.c1cnc2sccc2c1.c1cnc2scnc2c1. The van der Waals surface area contributed by atoms with Gasteiger partial charge in [0, 0.05) is 59.5 Å². The highest BCUT2D eigenvalue weighted by atomic mass is 32.1. The van der Waals surface area contributed by atoms with Gasteiger partial charge >= 0.3 is 0 Å². The van der Waals surface area contributed by atoms with Crippen molar-refractivity contribution in [3.8, 4) is 0 Å². The number of fused-ring (bicyclic) bond motifs is 6. The van der Waals surface area contributed by atoms with Crippen LogP contribution in [-0.4, -0.2) is 54.8 Å². The largest absolute Gasteiger partial charge is 0.446 e. The zero-order chi connectivity index (χ0) is 40.9. The van der Waals surface area contributed by atoms with E-state index in [-0.39, 0.29) is 0 Å². The number of furan rings is 1. The fourth-order valence-electron chi connectivity index (χ4n) is 5.05. The second kappa shape index (κ2) is 22.1. The number of thiazole rings is 1. The quantitative estimate of drug-likeness (QED) is 0.149. The van der Waals surface area contributed by atoms with Crippen LogP contribution in [0.25, 0.3) is 65.1 Å². The Morgan fingerprint density at radius 2 is 1.10 bits per heavy atom. The molecular formula is C45H35N11O2S2. The smallest absolute Gasteiger partial charge is 0.246 e. The van der Waals surface area contributed by atoms with Crippen LogP contribution in [0.1, 0.15) is 0 Å². The molecule has 60 heavy (non-hydrogen) atoms. The average Bonchev–Trinajstić information content (AvgIpc) is 4.19. The van der Waals surface area contributed by atoms with Gasteiger partial charge in [-0.1, -0.05) is 42.5 Å². The fourth-order valence-corrected chi connectivity index (χ4v) is 6.42. The molecule has 0 saturated heterocycles. The summed E-state index contributed by atoms with van der Waals surface area (Å²) in [6.45, 7) is 0. The van der Waals surface area contributed by atoms with Gasteiger partial charge in [-0.3, -0.25) is 0 Å². The number of nitrogens with one attached hydrogen (secondary N) is 2. The van der Waals surface area contributed by atoms with Gasteiger partial charge < -0.3 is 18.8 Å². The normalized spacial score (nSPS) is 10.0. The Morgan fingerprint density at radius 1 is 0.433 bits per heavy atom. The zero-order valence-corrected chi connectivity index (χ0v) is 33.3. The van der Waals surface area contributed by atoms with Gasteiger partial charge in [0.2, 0.25) is 11.4 Å². The monoisotopic (exact) mass is 825 g/mol. The van der Waals surface area contributed by atoms with E-state index >= 15 is 0 Å². The molecule has 0 atom stereocenters. The van der Waals surface area contributed by atoms with E-state index < -0.39 is 0 Å². The van der Waals surface area contributed by atoms with Gasteiger partial charge in [-0.2, -0.15) is 0 Å². The average molecular weight is 826 g/mol. The van der Waals surface area contributed by atoms with Crippen molar-refractivity contribution in [3.63, 3.8) is 0 Å². The van der Waals surface area contributed by atoms with Gasteiger partial charge in [0.25, 0.3) is 0 Å². The molecule has 0 unspecified atom stereocenters. The number of pyridine rings is 6. The highest BCUT2D eigenvalue weighted by Gasteiger charge is 1.95. The Morgan fingerprint density at radius 3 is 1.83 bits per heavy atom. The third-order valence-corrected chi connectivity index (χ3v) is 9.44. The van der Waals surface area contributed by atoms with E-state index in [0.717, 1.165) is 48.3 Å². The topological polar surface area (TPSA) is 174 Å². The van der Waals surface area contributed by atoms with Crippen molar-refractivity contribution in [3.05, 3.63) is 201 Å². The summed E-state index contributed by atoms with van der Waals surface area (Å²) in [5.41, 5.74) is 7.61. The van der Waals surface area contributed by atoms with E-state index in [0.29, 0.717) is 11.4 Å². The molecule has 0 aliphatic carbocycles. The van der Waals surface area contributed by atoms with Crippen LogP contribution in [0.15, 0.2) is 209 Å². The number of imidazole rings is 1. The molecule has 12 heterocycles. The number of hydrogen-bond donors (Lipinski definition) is 2. The number of aromatic nitrogens is 11. The number of H-pyrrole nitrogens is 2. The Labute approximate surface area is 350 Å². The lowest BCUT2D eigenvalue weighted by Crippen LogP contribution is -1.71. The standard InChI is InChI=1S/C7H6N2.C7H5NO.C7H5NS.C6H5N3.C6H4N2O.C6H4N2S.C6H6/c3*1-2-6-3-5-9-7(6)8-4-1;3*1-2-5-6(7-3-1)9-4-8-5;1-2-4-6-5-3-1/h1-5H,(H,8,9);2*1-5H;1-4H,(H,7,8,9);2*1-4H;1-6H. The van der Waals surface area contributed by atoms with Crippen LogP contribution in [0.3, 0.4) is 0 Å². The molecule has 2 N–H and O–H groups in total. The van der Waals surface area contributed by atoms with Gasteiger partial charge in [0.1, 0.15) is 20.8 Å². The molecule has 294 valence electrons. The van der Waals surface area contributed by atoms with Crippen molar-refractivity contribution >= 4 is 87.8 Å². The third kappa shape index (κ3) is 12.0. The van der Waals surface area contributed by atoms with Crippen LogP contribution in [0.2, 0.25) is 0 Å². The first-order valence-corrected chi connectivity index (χ1v) is 20.0. The molecule has 0 aliphatic rings. The number of nitrogens with zero attached hydrogens (tertiary/aromatic N) is 9. The summed E-state index contributed by atoms with van der Waals surface area (Å²) in [5, 5.41) is 5.51. The van der Waals surface area contributed by atoms with Crippen LogP contribution >= 0.6 is 22.7 Å². The number of thiophene rings is 1. The van der Waals surface area contributed by atoms with Crippen LogP contribution in [0.5, 0.6) is 0 Å². The molecule has 0 saturated carbocycles. The van der Waals surface area contributed by atoms with Crippen molar-refractivity contribution in [2.75, 3.05) is 0 Å². The molecule has 15 heteroatoms. The van der Waals surface area contributed by atoms with Crippen LogP contribution in [-0.2, 0) is 0 Å². The Hall–Kier alpha value is -8.01. The van der Waals surface area contributed by atoms with Crippen molar-refractivity contribution in [1.29, 1.82) is 0 Å². The number of hydrogen-bond acceptors (Lipinski definition) is 13. The molecule has 0 fully saturated rings. The van der Waals surface area contributed by atoms with E-state index in [2.05, 4.69) is 72.3 Å². The molecule has 0 radical (unpaired) electrons. The van der Waals surface area contributed by atoms with Crippen molar-refractivity contribution in [2.24, 2.45) is 0 Å². The molecule has 13 nitrogen and oxygen atoms in total. The predicted molar refractivity (Wildman–Crippen MR) is 239 cm³/mol. The maximum atomic E-state index is 5.01. The fraction of sp³-hybridized carbons (Fsp3) is 0. The maximum absolute atomic E-state index is 5.01. The van der Waals surface area contributed by atoms with Crippen LogP contribution in [0, 0.1) is 0 Å². The van der Waals surface area contributed by atoms with Gasteiger partial charge in [0.15, 0.2) is 12.0 Å². The summed E-state index contributed by atoms with van der Waals surface area (Å²) < 4.78 is 9.90. The van der Waals surface area contributed by atoms with E-state index in [1.807, 2.05) is 128 Å². The van der Waals surface area contributed by atoms with E-state index in [1.165, 1.54) is 11.8 Å². The number of aromatic amines is 2. The summed E-state index contributed by atoms with van der Waals surface area (Å²) >= 11 is 3.24. The highest BCUT2D eigenvalue weighted by Crippen LogP contribution is 2.16. The lowest BCUT2D eigenvalue weighted by molar-refractivity contribution is 0.590. The predicted octanol–water partition coefficient (Wildman–Crippen LogP) is 11.2. The van der Waals surface area contributed by atoms with Crippen LogP contribution in [0.4, 0.5) is 0 Å². The first-order chi connectivity index (χ1) is 29.8. The minimum Gasteiger partial charge on any atom is -0.446 e. The molecule has 0 bridgehead atoms. The first kappa shape index (κ1) is 40.2. The lowest BCUT2D eigenvalue weighted by atomic mass is 10.3. The lowest BCUT2D eigenvalue weighted by Gasteiger charge is -1.82. The summed E-state index contributed by atoms with van der Waals surface area (Å²) in [4.78, 5) is 44.2. The second-order valence-electron chi connectivity index (χ2n) is 11.8. The van der Waals surface area contributed by atoms with E-state index in [1.54, 1.807) is 71.8 Å². The molecule has 13 rings (SSSR count). The maximum Gasteiger partial charge on any atom is 0.246 e. The highest BCUT2D eigenvalue weighted by molar-refractivity contribution is 7.16. The Bertz CT molecular complexity index is 2460. The van der Waals surface area contributed by atoms with Crippen molar-refractivity contribution < 1.29 is 8.83 Å². The van der Waals surface area contributed by atoms with Gasteiger partial charge in [-0.05, 0) is 90.3 Å². The summed E-state index contributed by atoms with van der Waals surface area (Å²) in [6.07, 6.45) is 17.0. The third-order valence-electron chi connectivity index (χ3n) is 7.85. The summed E-state index contributed by atoms with van der Waals surface area (Å²) in [6, 6.07) is 41.1. The van der Waals surface area contributed by atoms with Crippen LogP contribution < -0.4 is 0 Å². The molecule has 13 aromatic rings. The van der Waals surface area contributed by atoms with Gasteiger partial charge in [0.05, 0.1) is 29.1 Å². The van der Waals surface area contributed by atoms with Gasteiger partial charge in [-0.15, -0.1) is 22.7 Å². The number of oxazole rings is 1. The van der Waals surface area contributed by atoms with E-state index in [4.69, 9.17) is 8.83 Å². The second-order valence-corrected chi connectivity index (χ2v) is 13.6. The minimum atomic E-state index is 0.595. The summed E-state index contributed by atoms with van der Waals surface area (Å²) in [5.74, 6) is 0. The molecule has 0 aliphatic heterocycles. The Balaban J connectivity index is 0.000000106. The zero-order valence-electron chi connectivity index (χ0n) is 31.7. The molecular weight excluding hydrogens is 791 g/mol. The first-order valence-electron chi connectivity index (χ1n) is 18.3. The minimum absolute atomic E-state index is 0.595. The number of rotatable bonds is 0. The van der Waals surface area contributed by atoms with E-state index in [9.17, 15) is 0 Å². The molecule has 12 aromatic heterocycles. The summed E-state index contributed by atoms with van der Waals surface area (Å²) in [7, 11) is 0. The Kier molecular flexibility index (Phi) is 14.8. The molecule has 1 aromatic carbocycles. The number of benzene rings is 1. The van der Waals surface area contributed by atoms with Crippen molar-refractivity contribution in [1.82, 2.24) is 54.8 Å². The van der Waals surface area contributed by atoms with Gasteiger partial charge in [-0.25, -0.2) is 44.9 Å². The molecule has 0 amide bonds.